The molecule has 0 saturated carbocycles. The number of methoxy groups -OCH3 is 1. The third-order valence-electron chi connectivity index (χ3n) is 3.43. The zero-order chi connectivity index (χ0) is 15.9. The third kappa shape index (κ3) is 6.29. The summed E-state index contributed by atoms with van der Waals surface area (Å²) in [5, 5.41) is 11.6. The molecule has 116 valence electrons. The van der Waals surface area contributed by atoms with Gasteiger partial charge in [-0.1, -0.05) is 19.9 Å². The monoisotopic (exact) mass is 293 g/mol. The van der Waals surface area contributed by atoms with E-state index in [1.54, 1.807) is 31.4 Å². The van der Waals surface area contributed by atoms with E-state index in [1.807, 2.05) is 13.8 Å². The van der Waals surface area contributed by atoms with E-state index in [0.29, 0.717) is 24.3 Å². The predicted molar refractivity (Wildman–Crippen MR) is 80.6 cm³/mol. The molecule has 0 aliphatic rings. The van der Waals surface area contributed by atoms with Gasteiger partial charge in [-0.25, -0.2) is 0 Å². The van der Waals surface area contributed by atoms with Gasteiger partial charge in [-0.15, -0.1) is 0 Å². The molecule has 2 N–H and O–H groups in total. The Kier molecular flexibility index (Phi) is 6.21. The van der Waals surface area contributed by atoms with Gasteiger partial charge in [-0.3, -0.25) is 9.59 Å². The van der Waals surface area contributed by atoms with Crippen molar-refractivity contribution in [1.29, 1.82) is 0 Å². The number of ether oxygens (including phenoxy) is 1. The van der Waals surface area contributed by atoms with Crippen molar-refractivity contribution in [1.82, 2.24) is 5.32 Å². The van der Waals surface area contributed by atoms with E-state index >= 15 is 0 Å². The van der Waals surface area contributed by atoms with E-state index in [1.165, 1.54) is 0 Å². The summed E-state index contributed by atoms with van der Waals surface area (Å²) in [4.78, 5) is 22.6. The van der Waals surface area contributed by atoms with Crippen molar-refractivity contribution in [3.63, 3.8) is 0 Å². The van der Waals surface area contributed by atoms with Crippen LogP contribution in [0.2, 0.25) is 0 Å². The number of carboxylic acid groups (broad SMARTS) is 1. The molecule has 0 bridgehead atoms. The molecule has 0 fully saturated rings. The summed E-state index contributed by atoms with van der Waals surface area (Å²) in [6.45, 7) is 4.53. The first-order valence-corrected chi connectivity index (χ1v) is 6.98. The van der Waals surface area contributed by atoms with Crippen LogP contribution in [0.3, 0.4) is 0 Å². The summed E-state index contributed by atoms with van der Waals surface area (Å²) in [7, 11) is 1.56. The normalized spacial score (nSPS) is 11.0. The molecule has 0 aliphatic heterocycles. The van der Waals surface area contributed by atoms with E-state index < -0.39 is 5.97 Å². The number of hydrogen-bond acceptors (Lipinski definition) is 3. The highest BCUT2D eigenvalue weighted by molar-refractivity contribution is 5.94. The SMILES string of the molecule is COc1cccc(C(=O)NCCC(C)(C)CCC(=O)O)c1. The van der Waals surface area contributed by atoms with Crippen LogP contribution in [0.25, 0.3) is 0 Å². The van der Waals surface area contributed by atoms with Crippen LogP contribution in [0, 0.1) is 5.41 Å². The maximum absolute atomic E-state index is 12.0. The fraction of sp³-hybridized carbons (Fsp3) is 0.500. The summed E-state index contributed by atoms with van der Waals surface area (Å²) >= 11 is 0. The van der Waals surface area contributed by atoms with Crippen LogP contribution in [-0.2, 0) is 4.79 Å². The molecule has 5 heteroatoms. The average molecular weight is 293 g/mol. The summed E-state index contributed by atoms with van der Waals surface area (Å²) in [6, 6.07) is 6.97. The van der Waals surface area contributed by atoms with Crippen LogP contribution < -0.4 is 10.1 Å². The standard InChI is InChI=1S/C16H23NO4/c1-16(2,8-7-14(18)19)9-10-17-15(20)12-5-4-6-13(11-12)21-3/h4-6,11H,7-10H2,1-3H3,(H,17,20)(H,18,19). The Hall–Kier alpha value is -2.04. The third-order valence-corrected chi connectivity index (χ3v) is 3.43. The van der Waals surface area contributed by atoms with Crippen molar-refractivity contribution in [2.24, 2.45) is 5.41 Å². The molecular formula is C16H23NO4. The molecule has 0 heterocycles. The van der Waals surface area contributed by atoms with E-state index in [9.17, 15) is 9.59 Å². The number of nitrogens with one attached hydrogen (secondary N) is 1. The van der Waals surface area contributed by atoms with Gasteiger partial charge in [0, 0.05) is 18.5 Å². The van der Waals surface area contributed by atoms with Gasteiger partial charge in [0.2, 0.25) is 0 Å². The smallest absolute Gasteiger partial charge is 0.303 e. The second-order valence-corrected chi connectivity index (χ2v) is 5.80. The first-order valence-electron chi connectivity index (χ1n) is 6.98. The number of benzene rings is 1. The van der Waals surface area contributed by atoms with Gasteiger partial charge in [-0.05, 0) is 36.5 Å². The van der Waals surface area contributed by atoms with Gasteiger partial charge in [0.1, 0.15) is 5.75 Å². The molecule has 5 nitrogen and oxygen atoms in total. The van der Waals surface area contributed by atoms with Crippen LogP contribution in [0.5, 0.6) is 5.75 Å². The van der Waals surface area contributed by atoms with Crippen LogP contribution in [0.15, 0.2) is 24.3 Å². The second-order valence-electron chi connectivity index (χ2n) is 5.80. The molecule has 0 aromatic heterocycles. The molecule has 1 rings (SSSR count). The molecule has 0 aliphatic carbocycles. The molecule has 0 unspecified atom stereocenters. The van der Waals surface area contributed by atoms with Gasteiger partial charge in [0.25, 0.3) is 5.91 Å². The Morgan fingerprint density at radius 3 is 2.62 bits per heavy atom. The van der Waals surface area contributed by atoms with Gasteiger partial charge in [0.05, 0.1) is 7.11 Å². The number of rotatable bonds is 8. The number of carbonyl (C=O) groups excluding carboxylic acids is 1. The van der Waals surface area contributed by atoms with Crippen molar-refractivity contribution >= 4 is 11.9 Å². The fourth-order valence-corrected chi connectivity index (χ4v) is 1.95. The predicted octanol–water partition coefficient (Wildman–Crippen LogP) is 2.71. The summed E-state index contributed by atoms with van der Waals surface area (Å²) in [6.07, 6.45) is 1.48. The number of carboxylic acids is 1. The van der Waals surface area contributed by atoms with Crippen LogP contribution in [-0.4, -0.2) is 30.6 Å². The minimum Gasteiger partial charge on any atom is -0.497 e. The maximum Gasteiger partial charge on any atom is 0.303 e. The fourth-order valence-electron chi connectivity index (χ4n) is 1.95. The van der Waals surface area contributed by atoms with Crippen LogP contribution >= 0.6 is 0 Å². The Bertz CT molecular complexity index is 497. The molecule has 0 radical (unpaired) electrons. The summed E-state index contributed by atoms with van der Waals surface area (Å²) < 4.78 is 5.08. The summed E-state index contributed by atoms with van der Waals surface area (Å²) in [5.74, 6) is -0.295. The van der Waals surface area contributed by atoms with E-state index in [-0.39, 0.29) is 17.7 Å². The maximum atomic E-state index is 12.0. The lowest BCUT2D eigenvalue weighted by Gasteiger charge is -2.23. The number of amides is 1. The van der Waals surface area contributed by atoms with E-state index in [0.717, 1.165) is 6.42 Å². The summed E-state index contributed by atoms with van der Waals surface area (Å²) in [5.41, 5.74) is 0.442. The topological polar surface area (TPSA) is 75.6 Å². The van der Waals surface area contributed by atoms with Crippen LogP contribution in [0.1, 0.15) is 43.5 Å². The van der Waals surface area contributed by atoms with Gasteiger partial charge in [-0.2, -0.15) is 0 Å². The van der Waals surface area contributed by atoms with Crippen molar-refractivity contribution in [2.75, 3.05) is 13.7 Å². The minimum absolute atomic E-state index is 0.111. The second kappa shape index (κ2) is 7.67. The highest BCUT2D eigenvalue weighted by atomic mass is 16.5. The lowest BCUT2D eigenvalue weighted by Crippen LogP contribution is -2.28. The minimum atomic E-state index is -0.788. The first-order chi connectivity index (χ1) is 9.84. The van der Waals surface area contributed by atoms with E-state index in [4.69, 9.17) is 9.84 Å². The molecule has 1 aromatic rings. The number of carbonyl (C=O) groups is 2. The number of hydrogen-bond donors (Lipinski definition) is 2. The zero-order valence-electron chi connectivity index (χ0n) is 12.8. The van der Waals surface area contributed by atoms with Crippen molar-refractivity contribution in [2.45, 2.75) is 33.1 Å². The molecular weight excluding hydrogens is 270 g/mol. The first kappa shape index (κ1) is 17.0. The Morgan fingerprint density at radius 2 is 2.00 bits per heavy atom. The van der Waals surface area contributed by atoms with Crippen LogP contribution in [0.4, 0.5) is 0 Å². The quantitative estimate of drug-likeness (QED) is 0.772. The van der Waals surface area contributed by atoms with Crippen molar-refractivity contribution in [3.8, 4) is 5.75 Å². The zero-order valence-corrected chi connectivity index (χ0v) is 12.8. The molecule has 0 saturated heterocycles. The molecule has 1 amide bonds. The highest BCUT2D eigenvalue weighted by Gasteiger charge is 2.19. The molecule has 1 aromatic carbocycles. The number of aliphatic carboxylic acids is 1. The van der Waals surface area contributed by atoms with Gasteiger partial charge in [0.15, 0.2) is 0 Å². The Labute approximate surface area is 125 Å². The van der Waals surface area contributed by atoms with Crippen molar-refractivity contribution in [3.05, 3.63) is 29.8 Å². The molecule has 21 heavy (non-hydrogen) atoms. The van der Waals surface area contributed by atoms with Gasteiger partial charge < -0.3 is 15.2 Å². The van der Waals surface area contributed by atoms with Gasteiger partial charge >= 0.3 is 5.97 Å². The Balaban J connectivity index is 2.44. The lowest BCUT2D eigenvalue weighted by atomic mass is 9.84. The lowest BCUT2D eigenvalue weighted by molar-refractivity contribution is -0.137. The Morgan fingerprint density at radius 1 is 1.29 bits per heavy atom. The molecule has 0 atom stereocenters. The molecule has 0 spiro atoms. The average Bonchev–Trinajstić information content (AvgIpc) is 2.45. The highest BCUT2D eigenvalue weighted by Crippen LogP contribution is 2.26. The largest absolute Gasteiger partial charge is 0.497 e. The van der Waals surface area contributed by atoms with Crippen molar-refractivity contribution < 1.29 is 19.4 Å². The van der Waals surface area contributed by atoms with E-state index in [2.05, 4.69) is 5.32 Å².